The average molecular weight is 399 g/mol. The first kappa shape index (κ1) is 19.4. The van der Waals surface area contributed by atoms with Crippen molar-refractivity contribution >= 4 is 11.8 Å². The number of pyridine rings is 1. The van der Waals surface area contributed by atoms with E-state index >= 15 is 0 Å². The smallest absolute Gasteiger partial charge is 0.194 e. The minimum atomic E-state index is -0.294. The molecule has 0 atom stereocenters. The van der Waals surface area contributed by atoms with Crippen molar-refractivity contribution in [1.82, 2.24) is 15.2 Å². The van der Waals surface area contributed by atoms with Crippen LogP contribution in [0.5, 0.6) is 5.75 Å². The Labute approximate surface area is 170 Å². The summed E-state index contributed by atoms with van der Waals surface area (Å²) in [6.45, 7) is 7.14. The molecule has 3 heterocycles. The lowest BCUT2D eigenvalue weighted by atomic mass is 10.1. The van der Waals surface area contributed by atoms with Crippen molar-refractivity contribution in [2.45, 2.75) is 20.1 Å². The second-order valence-electron chi connectivity index (χ2n) is 7.00. The maximum absolute atomic E-state index is 14.0. The lowest BCUT2D eigenvalue weighted by Gasteiger charge is -2.37. The minimum absolute atomic E-state index is 0.185. The molecule has 1 aromatic heterocycles. The van der Waals surface area contributed by atoms with Gasteiger partial charge < -0.3 is 24.6 Å². The molecule has 154 valence electrons. The van der Waals surface area contributed by atoms with Crippen LogP contribution in [0.1, 0.15) is 18.1 Å². The van der Waals surface area contributed by atoms with Crippen molar-refractivity contribution in [3.05, 3.63) is 53.5 Å². The number of nitrogens with zero attached hydrogens (tertiary/aromatic N) is 4. The standard InChI is InChI=1S/C21H26FN5O2/c1-2-23-21(27-9-7-26(8-10-27)19-5-3-4-6-24-19)25-13-16-11-18(22)12-17-14-28-15-29-20(16)17/h3-6,11-12H,2,7-10,13-15H2,1H3,(H,23,25). The molecule has 0 bridgehead atoms. The number of hydrogen-bond donors (Lipinski definition) is 1. The fourth-order valence-corrected chi connectivity index (χ4v) is 3.65. The molecule has 2 aliphatic rings. The minimum Gasteiger partial charge on any atom is -0.467 e. The second kappa shape index (κ2) is 9.09. The predicted octanol–water partition coefficient (Wildman–Crippen LogP) is 2.37. The van der Waals surface area contributed by atoms with Crippen molar-refractivity contribution in [2.24, 2.45) is 4.99 Å². The highest BCUT2D eigenvalue weighted by molar-refractivity contribution is 5.80. The van der Waals surface area contributed by atoms with Gasteiger partial charge in [-0.3, -0.25) is 0 Å². The van der Waals surface area contributed by atoms with Crippen LogP contribution in [0.2, 0.25) is 0 Å². The van der Waals surface area contributed by atoms with Gasteiger partial charge in [-0.1, -0.05) is 6.07 Å². The summed E-state index contributed by atoms with van der Waals surface area (Å²) in [6, 6.07) is 8.93. The number of nitrogens with one attached hydrogen (secondary N) is 1. The molecule has 0 amide bonds. The molecule has 1 aromatic carbocycles. The van der Waals surface area contributed by atoms with E-state index in [1.807, 2.05) is 31.3 Å². The molecule has 1 fully saturated rings. The number of aliphatic imine (C=N–C) groups is 1. The van der Waals surface area contributed by atoms with Gasteiger partial charge in [0.25, 0.3) is 0 Å². The van der Waals surface area contributed by atoms with Crippen LogP contribution in [0.3, 0.4) is 0 Å². The van der Waals surface area contributed by atoms with E-state index in [4.69, 9.17) is 14.5 Å². The maximum atomic E-state index is 14.0. The third kappa shape index (κ3) is 4.59. The number of halogens is 1. The molecule has 8 heteroatoms. The first-order chi connectivity index (χ1) is 14.2. The number of aromatic nitrogens is 1. The largest absolute Gasteiger partial charge is 0.467 e. The Bertz CT molecular complexity index is 854. The number of anilines is 1. The molecule has 2 aliphatic heterocycles. The average Bonchev–Trinajstić information content (AvgIpc) is 2.77. The van der Waals surface area contributed by atoms with Gasteiger partial charge >= 0.3 is 0 Å². The van der Waals surface area contributed by atoms with Gasteiger partial charge in [-0.15, -0.1) is 0 Å². The second-order valence-corrected chi connectivity index (χ2v) is 7.00. The van der Waals surface area contributed by atoms with E-state index in [1.54, 1.807) is 0 Å². The monoisotopic (exact) mass is 399 g/mol. The maximum Gasteiger partial charge on any atom is 0.194 e. The van der Waals surface area contributed by atoms with Crippen LogP contribution in [0.4, 0.5) is 10.2 Å². The Morgan fingerprint density at radius 2 is 2.10 bits per heavy atom. The van der Waals surface area contributed by atoms with E-state index < -0.39 is 0 Å². The normalized spacial score (nSPS) is 17.0. The highest BCUT2D eigenvalue weighted by atomic mass is 19.1. The van der Waals surface area contributed by atoms with Crippen LogP contribution in [0, 0.1) is 5.82 Å². The predicted molar refractivity (Wildman–Crippen MR) is 110 cm³/mol. The van der Waals surface area contributed by atoms with Crippen LogP contribution in [-0.4, -0.2) is 55.4 Å². The van der Waals surface area contributed by atoms with E-state index in [1.165, 1.54) is 12.1 Å². The Hall–Kier alpha value is -2.87. The van der Waals surface area contributed by atoms with Crippen LogP contribution in [-0.2, 0) is 17.9 Å². The summed E-state index contributed by atoms with van der Waals surface area (Å²) in [4.78, 5) is 13.7. The van der Waals surface area contributed by atoms with Gasteiger partial charge in [0.05, 0.1) is 13.2 Å². The SMILES string of the molecule is CCNC(=NCc1cc(F)cc2c1OCOC2)N1CCN(c2ccccn2)CC1. The lowest BCUT2D eigenvalue weighted by Crippen LogP contribution is -2.52. The van der Waals surface area contributed by atoms with Crippen molar-refractivity contribution in [1.29, 1.82) is 0 Å². The molecule has 0 radical (unpaired) electrons. The number of fused-ring (bicyclic) bond motifs is 1. The summed E-state index contributed by atoms with van der Waals surface area (Å²) >= 11 is 0. The molecule has 0 aliphatic carbocycles. The first-order valence-electron chi connectivity index (χ1n) is 9.95. The van der Waals surface area contributed by atoms with Crippen molar-refractivity contribution in [3.63, 3.8) is 0 Å². The number of ether oxygens (including phenoxy) is 2. The molecule has 29 heavy (non-hydrogen) atoms. The number of rotatable bonds is 4. The zero-order valence-corrected chi connectivity index (χ0v) is 16.6. The summed E-state index contributed by atoms with van der Waals surface area (Å²) in [5, 5.41) is 3.35. The number of hydrogen-bond acceptors (Lipinski definition) is 5. The highest BCUT2D eigenvalue weighted by Crippen LogP contribution is 2.30. The third-order valence-corrected chi connectivity index (χ3v) is 5.04. The van der Waals surface area contributed by atoms with Crippen LogP contribution >= 0.6 is 0 Å². The Morgan fingerprint density at radius 3 is 2.86 bits per heavy atom. The van der Waals surface area contributed by atoms with Crippen LogP contribution in [0.25, 0.3) is 0 Å². The number of benzene rings is 1. The van der Waals surface area contributed by atoms with Gasteiger partial charge in [0.1, 0.15) is 17.4 Å². The van der Waals surface area contributed by atoms with E-state index in [0.717, 1.165) is 55.6 Å². The summed E-state index contributed by atoms with van der Waals surface area (Å²) in [5.74, 6) is 2.23. The van der Waals surface area contributed by atoms with E-state index in [2.05, 4.69) is 20.1 Å². The topological polar surface area (TPSA) is 62.2 Å². The molecule has 1 N–H and O–H groups in total. The third-order valence-electron chi connectivity index (χ3n) is 5.04. The van der Waals surface area contributed by atoms with E-state index in [9.17, 15) is 4.39 Å². The van der Waals surface area contributed by atoms with Gasteiger partial charge in [-0.25, -0.2) is 14.4 Å². The molecular formula is C21H26FN5O2. The van der Waals surface area contributed by atoms with E-state index in [-0.39, 0.29) is 12.6 Å². The molecule has 1 saturated heterocycles. The molecule has 0 unspecified atom stereocenters. The number of piperazine rings is 1. The van der Waals surface area contributed by atoms with Gasteiger partial charge in [0, 0.05) is 50.0 Å². The van der Waals surface area contributed by atoms with Crippen LogP contribution < -0.4 is 15.0 Å². The van der Waals surface area contributed by atoms with Gasteiger partial charge in [-0.05, 0) is 31.2 Å². The van der Waals surface area contributed by atoms with Crippen LogP contribution in [0.15, 0.2) is 41.5 Å². The zero-order valence-electron chi connectivity index (χ0n) is 16.6. The van der Waals surface area contributed by atoms with Gasteiger partial charge in [0.2, 0.25) is 0 Å². The van der Waals surface area contributed by atoms with Crippen molar-refractivity contribution in [2.75, 3.05) is 44.4 Å². The summed E-state index contributed by atoms with van der Waals surface area (Å²) < 4.78 is 24.9. The quantitative estimate of drug-likeness (QED) is 0.629. The van der Waals surface area contributed by atoms with Gasteiger partial charge in [0.15, 0.2) is 12.8 Å². The molecule has 0 spiro atoms. The first-order valence-corrected chi connectivity index (χ1v) is 9.95. The zero-order chi connectivity index (χ0) is 20.1. The highest BCUT2D eigenvalue weighted by Gasteiger charge is 2.21. The Morgan fingerprint density at radius 1 is 1.24 bits per heavy atom. The molecule has 7 nitrogen and oxygen atoms in total. The Balaban J connectivity index is 1.46. The van der Waals surface area contributed by atoms with Gasteiger partial charge in [-0.2, -0.15) is 0 Å². The molecule has 2 aromatic rings. The van der Waals surface area contributed by atoms with E-state index in [0.29, 0.717) is 18.9 Å². The van der Waals surface area contributed by atoms with Crippen molar-refractivity contribution in [3.8, 4) is 5.75 Å². The summed E-state index contributed by atoms with van der Waals surface area (Å²) in [7, 11) is 0. The molecule has 4 rings (SSSR count). The Kier molecular flexibility index (Phi) is 6.09. The lowest BCUT2D eigenvalue weighted by molar-refractivity contribution is -0.0172. The number of guanidine groups is 1. The summed E-state index contributed by atoms with van der Waals surface area (Å²) in [5.41, 5.74) is 1.47. The summed E-state index contributed by atoms with van der Waals surface area (Å²) in [6.07, 6.45) is 1.82. The molecular weight excluding hydrogens is 373 g/mol. The fourth-order valence-electron chi connectivity index (χ4n) is 3.65. The fraction of sp³-hybridized carbons (Fsp3) is 0.429. The van der Waals surface area contributed by atoms with Crippen molar-refractivity contribution < 1.29 is 13.9 Å². The molecule has 0 saturated carbocycles.